The molecule has 0 spiro atoms. The van der Waals surface area contributed by atoms with Gasteiger partial charge in [-0.05, 0) is 30.7 Å². The summed E-state index contributed by atoms with van der Waals surface area (Å²) < 4.78 is 1.32. The Bertz CT molecular complexity index is 368. The summed E-state index contributed by atoms with van der Waals surface area (Å²) in [5.41, 5.74) is 0. The maximum absolute atomic E-state index is 3.70. The Morgan fingerprint density at radius 3 is 2.83 bits per heavy atom. The highest BCUT2D eigenvalue weighted by Gasteiger charge is 1.92. The van der Waals surface area contributed by atoms with Crippen LogP contribution in [-0.2, 0) is 6.42 Å². The van der Waals surface area contributed by atoms with Crippen LogP contribution >= 0.6 is 11.3 Å². The second kappa shape index (κ2) is 4.27. The van der Waals surface area contributed by atoms with Crippen LogP contribution in [0.1, 0.15) is 18.7 Å². The summed E-state index contributed by atoms with van der Waals surface area (Å²) in [6.07, 6.45) is 7.18. The predicted octanol–water partition coefficient (Wildman–Crippen LogP) is 2.08. The smallest absolute Gasteiger partial charge is 0.0342 e. The van der Waals surface area contributed by atoms with Gasteiger partial charge in [0.15, 0.2) is 0 Å². The molecule has 1 heterocycles. The quantitative estimate of drug-likeness (QED) is 0.650. The Morgan fingerprint density at radius 2 is 2.33 bits per heavy atom. The van der Waals surface area contributed by atoms with E-state index in [2.05, 4.69) is 38.6 Å². The van der Waals surface area contributed by atoms with E-state index in [9.17, 15) is 0 Å². The van der Waals surface area contributed by atoms with E-state index in [0.29, 0.717) is 0 Å². The lowest BCUT2D eigenvalue weighted by molar-refractivity contribution is 1.18. The minimum atomic E-state index is 1.12. The summed E-state index contributed by atoms with van der Waals surface area (Å²) in [5, 5.41) is 1.33. The fraction of sp³-hybridized carbons (Fsp3) is 0.273. The van der Waals surface area contributed by atoms with Crippen LogP contribution in [0.3, 0.4) is 0 Å². The van der Waals surface area contributed by atoms with Gasteiger partial charge in [0.1, 0.15) is 0 Å². The lowest BCUT2D eigenvalue weighted by atomic mass is 10.3. The molecule has 1 aromatic rings. The highest BCUT2D eigenvalue weighted by atomic mass is 32.1. The van der Waals surface area contributed by atoms with Crippen molar-refractivity contribution in [2.45, 2.75) is 20.3 Å². The Labute approximate surface area is 77.6 Å². The molecule has 0 saturated heterocycles. The van der Waals surface area contributed by atoms with Crippen molar-refractivity contribution in [1.82, 2.24) is 0 Å². The van der Waals surface area contributed by atoms with E-state index in [1.165, 1.54) is 14.6 Å². The molecule has 64 valence electrons. The molecule has 0 aliphatic carbocycles. The number of aryl methyl sites for hydroxylation is 1. The molecule has 0 bridgehead atoms. The van der Waals surface area contributed by atoms with E-state index < -0.39 is 0 Å². The van der Waals surface area contributed by atoms with Crippen LogP contribution in [0.25, 0.3) is 12.2 Å². The molecule has 0 amide bonds. The van der Waals surface area contributed by atoms with Crippen LogP contribution in [0, 0.1) is 0 Å². The number of allylic oxidation sites excluding steroid dienone is 1. The molecule has 1 heteroatoms. The van der Waals surface area contributed by atoms with Gasteiger partial charge in [-0.2, -0.15) is 0 Å². The first-order chi connectivity index (χ1) is 5.81. The van der Waals surface area contributed by atoms with Crippen LogP contribution in [0.5, 0.6) is 0 Å². The fourth-order valence-corrected chi connectivity index (χ4v) is 2.18. The third-order valence-electron chi connectivity index (χ3n) is 1.77. The van der Waals surface area contributed by atoms with Crippen molar-refractivity contribution < 1.29 is 0 Å². The van der Waals surface area contributed by atoms with E-state index in [0.717, 1.165) is 6.42 Å². The molecule has 0 nitrogen and oxygen atoms in total. The van der Waals surface area contributed by atoms with Crippen molar-refractivity contribution in [2.24, 2.45) is 0 Å². The average molecular weight is 178 g/mol. The minimum Gasteiger partial charge on any atom is -0.140 e. The Kier molecular flexibility index (Phi) is 3.30. The monoisotopic (exact) mass is 178 g/mol. The predicted molar refractivity (Wildman–Crippen MR) is 57.7 cm³/mol. The van der Waals surface area contributed by atoms with E-state index in [4.69, 9.17) is 0 Å². The van der Waals surface area contributed by atoms with Crippen molar-refractivity contribution >= 4 is 23.5 Å². The van der Waals surface area contributed by atoms with E-state index in [-0.39, 0.29) is 0 Å². The molecule has 1 rings (SSSR count). The summed E-state index contributed by atoms with van der Waals surface area (Å²) in [7, 11) is 0. The second-order valence-corrected chi connectivity index (χ2v) is 3.75. The van der Waals surface area contributed by atoms with Crippen LogP contribution in [0.4, 0.5) is 0 Å². The zero-order chi connectivity index (χ0) is 8.97. The normalized spacial score (nSPS) is 13.8. The number of hydrogen-bond donors (Lipinski definition) is 0. The molecule has 1 aromatic heterocycles. The zero-order valence-electron chi connectivity index (χ0n) is 7.63. The number of thiophene rings is 1. The topological polar surface area (TPSA) is 0 Å². The highest BCUT2D eigenvalue weighted by Crippen LogP contribution is 1.99. The number of rotatable bonds is 2. The minimum absolute atomic E-state index is 1.12. The highest BCUT2D eigenvalue weighted by molar-refractivity contribution is 7.09. The Balaban J connectivity index is 3.37. The summed E-state index contributed by atoms with van der Waals surface area (Å²) in [6, 6.07) is 2.25. The maximum Gasteiger partial charge on any atom is 0.0342 e. The second-order valence-electron chi connectivity index (χ2n) is 2.58. The number of hydrogen-bond acceptors (Lipinski definition) is 1. The third-order valence-corrected chi connectivity index (χ3v) is 3.03. The largest absolute Gasteiger partial charge is 0.140 e. The maximum atomic E-state index is 3.70. The third kappa shape index (κ3) is 1.86. The molecule has 0 fully saturated rings. The van der Waals surface area contributed by atoms with Gasteiger partial charge in [0, 0.05) is 9.41 Å². The SMILES string of the molecule is C=C/C=c1/sc(CC)c/c1=C/C. The van der Waals surface area contributed by atoms with Gasteiger partial charge in [0.2, 0.25) is 0 Å². The zero-order valence-corrected chi connectivity index (χ0v) is 8.45. The van der Waals surface area contributed by atoms with Crippen molar-refractivity contribution in [3.05, 3.63) is 33.3 Å². The van der Waals surface area contributed by atoms with Crippen molar-refractivity contribution in [1.29, 1.82) is 0 Å². The van der Waals surface area contributed by atoms with Crippen molar-refractivity contribution in [3.8, 4) is 0 Å². The molecule has 0 atom stereocenters. The van der Waals surface area contributed by atoms with Gasteiger partial charge < -0.3 is 0 Å². The van der Waals surface area contributed by atoms with Crippen LogP contribution in [0.2, 0.25) is 0 Å². The molecule has 0 radical (unpaired) electrons. The van der Waals surface area contributed by atoms with Gasteiger partial charge in [-0.3, -0.25) is 0 Å². The Hall–Kier alpha value is -0.820. The van der Waals surface area contributed by atoms with Gasteiger partial charge in [-0.25, -0.2) is 0 Å². The lowest BCUT2D eigenvalue weighted by Gasteiger charge is -1.79. The molecule has 0 unspecified atom stereocenters. The van der Waals surface area contributed by atoms with Gasteiger partial charge in [0.25, 0.3) is 0 Å². The molecular formula is C11H14S. The van der Waals surface area contributed by atoms with Gasteiger partial charge in [0.05, 0.1) is 0 Å². The van der Waals surface area contributed by atoms with E-state index in [1.807, 2.05) is 17.4 Å². The van der Waals surface area contributed by atoms with E-state index in [1.54, 1.807) is 0 Å². The molecular weight excluding hydrogens is 164 g/mol. The summed E-state index contributed by atoms with van der Waals surface area (Å²) in [5.74, 6) is 0. The molecule has 0 N–H and O–H groups in total. The van der Waals surface area contributed by atoms with E-state index >= 15 is 0 Å². The first-order valence-electron chi connectivity index (χ1n) is 4.19. The van der Waals surface area contributed by atoms with Gasteiger partial charge in [-0.15, -0.1) is 11.3 Å². The summed E-state index contributed by atoms with van der Waals surface area (Å²) >= 11 is 1.85. The van der Waals surface area contributed by atoms with Crippen molar-refractivity contribution in [3.63, 3.8) is 0 Å². The van der Waals surface area contributed by atoms with Crippen LogP contribution < -0.4 is 9.75 Å². The fourth-order valence-electron chi connectivity index (χ4n) is 1.11. The summed E-state index contributed by atoms with van der Waals surface area (Å²) in [4.78, 5) is 1.44. The van der Waals surface area contributed by atoms with Gasteiger partial charge in [-0.1, -0.05) is 25.7 Å². The van der Waals surface area contributed by atoms with Crippen LogP contribution in [0.15, 0.2) is 18.7 Å². The molecule has 0 saturated carbocycles. The van der Waals surface area contributed by atoms with Crippen LogP contribution in [-0.4, -0.2) is 0 Å². The molecule has 0 aliphatic rings. The van der Waals surface area contributed by atoms with Gasteiger partial charge >= 0.3 is 0 Å². The molecule has 12 heavy (non-hydrogen) atoms. The average Bonchev–Trinajstić information content (AvgIpc) is 2.48. The standard InChI is InChI=1S/C11H14S/c1-4-7-11-9(5-2)8-10(6-3)12-11/h4-5,7-8H,1,6H2,2-3H3/b9-5-,11-7+. The Morgan fingerprint density at radius 1 is 1.58 bits per heavy atom. The summed E-state index contributed by atoms with van der Waals surface area (Å²) in [6.45, 7) is 7.96. The first kappa shape index (κ1) is 9.27. The lowest BCUT2D eigenvalue weighted by Crippen LogP contribution is -2.15. The van der Waals surface area contributed by atoms with Crippen molar-refractivity contribution in [2.75, 3.05) is 0 Å². The molecule has 0 aliphatic heterocycles. The first-order valence-corrected chi connectivity index (χ1v) is 5.01. The molecule has 0 aromatic carbocycles.